The van der Waals surface area contributed by atoms with Crippen molar-refractivity contribution in [3.63, 3.8) is 0 Å². The summed E-state index contributed by atoms with van der Waals surface area (Å²) in [5.74, 6) is 0.138. The number of nitrogens with zero attached hydrogens (tertiary/aromatic N) is 1. The van der Waals surface area contributed by atoms with E-state index in [1.807, 2.05) is 4.90 Å². The molecule has 0 aromatic carbocycles. The van der Waals surface area contributed by atoms with Crippen molar-refractivity contribution >= 4 is 15.7 Å². The second-order valence-corrected chi connectivity index (χ2v) is 7.07. The molecule has 0 aromatic heterocycles. The molecule has 2 rings (SSSR count). The first-order valence-electron chi connectivity index (χ1n) is 6.08. The lowest BCUT2D eigenvalue weighted by Crippen LogP contribution is -2.43. The Morgan fingerprint density at radius 1 is 1.06 bits per heavy atom. The van der Waals surface area contributed by atoms with Gasteiger partial charge in [0, 0.05) is 13.1 Å². The third-order valence-corrected chi connectivity index (χ3v) is 5.30. The van der Waals surface area contributed by atoms with E-state index in [2.05, 4.69) is 0 Å². The monoisotopic (exact) mass is 245 g/mol. The van der Waals surface area contributed by atoms with Crippen LogP contribution >= 0.6 is 0 Å². The molecule has 5 heteroatoms. The van der Waals surface area contributed by atoms with Crippen LogP contribution in [0.25, 0.3) is 0 Å². The van der Waals surface area contributed by atoms with Crippen molar-refractivity contribution < 1.29 is 13.2 Å². The van der Waals surface area contributed by atoms with Gasteiger partial charge in [-0.2, -0.15) is 0 Å². The Bertz CT molecular complexity index is 357. The molecule has 4 nitrogen and oxygen atoms in total. The molecule has 2 aliphatic heterocycles. The molecule has 2 saturated heterocycles. The van der Waals surface area contributed by atoms with Crippen LogP contribution in [0, 0.1) is 5.92 Å². The molecule has 2 heterocycles. The van der Waals surface area contributed by atoms with Gasteiger partial charge in [-0.15, -0.1) is 0 Å². The number of hydrogen-bond acceptors (Lipinski definition) is 3. The van der Waals surface area contributed by atoms with E-state index in [-0.39, 0.29) is 23.3 Å². The van der Waals surface area contributed by atoms with Crippen LogP contribution in [0.3, 0.4) is 0 Å². The summed E-state index contributed by atoms with van der Waals surface area (Å²) in [6.07, 6.45) is 4.70. The summed E-state index contributed by atoms with van der Waals surface area (Å²) in [7, 11) is -2.96. The molecule has 0 aromatic rings. The van der Waals surface area contributed by atoms with Gasteiger partial charge in [-0.3, -0.25) is 4.79 Å². The molecule has 0 radical (unpaired) electrons. The van der Waals surface area contributed by atoms with Crippen molar-refractivity contribution in [2.24, 2.45) is 5.92 Å². The third-order valence-electron chi connectivity index (χ3n) is 3.48. The van der Waals surface area contributed by atoms with E-state index in [0.29, 0.717) is 6.42 Å². The minimum atomic E-state index is -2.96. The summed E-state index contributed by atoms with van der Waals surface area (Å²) in [5.41, 5.74) is 0. The molecular formula is C11H19NO3S. The van der Waals surface area contributed by atoms with Crippen LogP contribution in [0.1, 0.15) is 32.1 Å². The van der Waals surface area contributed by atoms with E-state index < -0.39 is 9.84 Å². The summed E-state index contributed by atoms with van der Waals surface area (Å²) in [6, 6.07) is 0. The highest BCUT2D eigenvalue weighted by atomic mass is 32.2. The average molecular weight is 245 g/mol. The van der Waals surface area contributed by atoms with Crippen LogP contribution in [0.15, 0.2) is 0 Å². The Labute approximate surface area is 96.9 Å². The minimum absolute atomic E-state index is 0.0718. The number of piperidine rings is 1. The zero-order chi connectivity index (χ0) is 11.6. The molecule has 2 fully saturated rings. The molecule has 0 spiro atoms. The Morgan fingerprint density at radius 3 is 2.38 bits per heavy atom. The van der Waals surface area contributed by atoms with E-state index >= 15 is 0 Å². The number of rotatable bonds is 1. The molecule has 0 N–H and O–H groups in total. The molecular weight excluding hydrogens is 226 g/mol. The van der Waals surface area contributed by atoms with Crippen LogP contribution in [0.4, 0.5) is 0 Å². The molecule has 1 atom stereocenters. The lowest BCUT2D eigenvalue weighted by molar-refractivity contribution is -0.136. The topological polar surface area (TPSA) is 54.5 Å². The Hall–Kier alpha value is -0.580. The van der Waals surface area contributed by atoms with Crippen molar-refractivity contribution in [3.05, 3.63) is 0 Å². The van der Waals surface area contributed by atoms with E-state index in [4.69, 9.17) is 0 Å². The van der Waals surface area contributed by atoms with Crippen LogP contribution in [-0.4, -0.2) is 43.8 Å². The fraction of sp³-hybridized carbons (Fsp3) is 0.909. The van der Waals surface area contributed by atoms with Crippen molar-refractivity contribution in [2.75, 3.05) is 24.6 Å². The number of amides is 1. The molecule has 92 valence electrons. The van der Waals surface area contributed by atoms with Crippen LogP contribution in [0.2, 0.25) is 0 Å². The molecule has 1 unspecified atom stereocenters. The summed E-state index contributed by atoms with van der Waals surface area (Å²) < 4.78 is 23.0. The van der Waals surface area contributed by atoms with E-state index in [1.165, 1.54) is 6.42 Å². The molecule has 16 heavy (non-hydrogen) atoms. The third kappa shape index (κ3) is 2.75. The van der Waals surface area contributed by atoms with Gasteiger partial charge in [0.1, 0.15) is 0 Å². The van der Waals surface area contributed by atoms with Gasteiger partial charge in [-0.1, -0.05) is 0 Å². The maximum Gasteiger partial charge on any atom is 0.226 e. The largest absolute Gasteiger partial charge is 0.342 e. The number of carbonyl (C=O) groups is 1. The summed E-state index contributed by atoms with van der Waals surface area (Å²) in [6.45, 7) is 1.63. The summed E-state index contributed by atoms with van der Waals surface area (Å²) in [4.78, 5) is 14.0. The SMILES string of the molecule is O=C(C1CCCS(=O)(=O)C1)N1CCCCC1. The maximum absolute atomic E-state index is 12.1. The number of sulfone groups is 1. The summed E-state index contributed by atoms with van der Waals surface area (Å²) in [5, 5.41) is 0. The van der Waals surface area contributed by atoms with Gasteiger partial charge in [0.2, 0.25) is 5.91 Å². The van der Waals surface area contributed by atoms with E-state index in [0.717, 1.165) is 32.4 Å². The molecule has 1 amide bonds. The van der Waals surface area contributed by atoms with Crippen LogP contribution in [-0.2, 0) is 14.6 Å². The van der Waals surface area contributed by atoms with Crippen molar-refractivity contribution in [2.45, 2.75) is 32.1 Å². The number of hydrogen-bond donors (Lipinski definition) is 0. The zero-order valence-corrected chi connectivity index (χ0v) is 10.3. The van der Waals surface area contributed by atoms with Gasteiger partial charge < -0.3 is 4.90 Å². The molecule has 0 bridgehead atoms. The van der Waals surface area contributed by atoms with Gasteiger partial charge in [-0.05, 0) is 32.1 Å². The fourth-order valence-electron chi connectivity index (χ4n) is 2.59. The predicted octanol–water partition coefficient (Wildman–Crippen LogP) is 0.824. The average Bonchev–Trinajstić information content (AvgIpc) is 2.28. The highest BCUT2D eigenvalue weighted by Crippen LogP contribution is 2.22. The highest BCUT2D eigenvalue weighted by Gasteiger charge is 2.32. The normalized spacial score (nSPS) is 30.0. The van der Waals surface area contributed by atoms with Crippen LogP contribution < -0.4 is 0 Å². The lowest BCUT2D eigenvalue weighted by Gasteiger charge is -2.31. The number of likely N-dealkylation sites (tertiary alicyclic amines) is 1. The Morgan fingerprint density at radius 2 is 1.75 bits per heavy atom. The van der Waals surface area contributed by atoms with Crippen LogP contribution in [0.5, 0.6) is 0 Å². The zero-order valence-electron chi connectivity index (χ0n) is 9.52. The molecule has 2 aliphatic rings. The van der Waals surface area contributed by atoms with Crippen molar-refractivity contribution in [3.8, 4) is 0 Å². The van der Waals surface area contributed by atoms with Gasteiger partial charge in [-0.25, -0.2) is 8.42 Å². The first-order chi connectivity index (χ1) is 7.58. The van der Waals surface area contributed by atoms with Gasteiger partial charge in [0.25, 0.3) is 0 Å². The predicted molar refractivity (Wildman–Crippen MR) is 61.8 cm³/mol. The first-order valence-corrected chi connectivity index (χ1v) is 7.90. The standard InChI is InChI=1S/C11H19NO3S/c13-11(12-6-2-1-3-7-12)10-5-4-8-16(14,15)9-10/h10H,1-9H2. The Kier molecular flexibility index (Phi) is 3.52. The molecule has 0 aliphatic carbocycles. The highest BCUT2D eigenvalue weighted by molar-refractivity contribution is 7.91. The lowest BCUT2D eigenvalue weighted by atomic mass is 10.0. The summed E-state index contributed by atoms with van der Waals surface area (Å²) >= 11 is 0. The first kappa shape index (κ1) is 11.9. The van der Waals surface area contributed by atoms with E-state index in [9.17, 15) is 13.2 Å². The number of carbonyl (C=O) groups excluding carboxylic acids is 1. The van der Waals surface area contributed by atoms with Gasteiger partial charge >= 0.3 is 0 Å². The smallest absolute Gasteiger partial charge is 0.226 e. The minimum Gasteiger partial charge on any atom is -0.342 e. The quantitative estimate of drug-likeness (QED) is 0.687. The van der Waals surface area contributed by atoms with Crippen molar-refractivity contribution in [1.82, 2.24) is 4.90 Å². The van der Waals surface area contributed by atoms with E-state index in [1.54, 1.807) is 0 Å². The second-order valence-electron chi connectivity index (χ2n) is 4.84. The van der Waals surface area contributed by atoms with Gasteiger partial charge in [0.15, 0.2) is 9.84 Å². The second kappa shape index (κ2) is 4.73. The van der Waals surface area contributed by atoms with Crippen molar-refractivity contribution in [1.29, 1.82) is 0 Å². The molecule has 0 saturated carbocycles. The fourth-order valence-corrected chi connectivity index (χ4v) is 4.29. The maximum atomic E-state index is 12.1. The van der Waals surface area contributed by atoms with Gasteiger partial charge in [0.05, 0.1) is 17.4 Å². The Balaban J connectivity index is 1.98.